The van der Waals surface area contributed by atoms with Crippen LogP contribution in [0.25, 0.3) is 0 Å². The van der Waals surface area contributed by atoms with Crippen molar-refractivity contribution in [2.24, 2.45) is 5.92 Å². The molecule has 0 bridgehead atoms. The molecule has 1 aromatic heterocycles. The van der Waals surface area contributed by atoms with Gasteiger partial charge in [0, 0.05) is 0 Å². The van der Waals surface area contributed by atoms with Gasteiger partial charge in [0.05, 0.1) is 0 Å². The number of hydrogen-bond donors (Lipinski definition) is 1. The third-order valence-electron chi connectivity index (χ3n) is 2.96. The van der Waals surface area contributed by atoms with E-state index < -0.39 is 25.8 Å². The number of aromatic carboxylic acids is 1. The fourth-order valence-electron chi connectivity index (χ4n) is 1.53. The monoisotopic (exact) mass is 382 g/mol. The Morgan fingerprint density at radius 2 is 2.39 bits per heavy atom. The minimum atomic E-state index is -1.03. The number of carbonyl (C=O) groups is 1. The van der Waals surface area contributed by atoms with Gasteiger partial charge in [0.2, 0.25) is 0 Å². The number of nitrogens with zero attached hydrogens (tertiary/aromatic N) is 2. The van der Waals surface area contributed by atoms with E-state index in [1.807, 2.05) is 4.57 Å². The van der Waals surface area contributed by atoms with Crippen molar-refractivity contribution in [3.05, 3.63) is 11.9 Å². The Kier molecular flexibility index (Phi) is 4.94. The topological polar surface area (TPSA) is 55.1 Å². The van der Waals surface area contributed by atoms with Crippen LogP contribution < -0.4 is 0 Å². The normalized spacial score (nSPS) is 15.8. The standard InChI is InChI=1S/C12H19IN2O2S/c1-3-13(2)8-15-10(11(16)17)6-14-12(15)18-7-9-4-5-9/h6,9H,3-5,7-8H2,1-2H3,(H,16,17). The number of halogens is 1. The Balaban J connectivity index is 2.12. The van der Waals surface area contributed by atoms with Crippen LogP contribution in [0, 0.1) is 5.92 Å². The molecular weight excluding hydrogens is 363 g/mol. The number of carboxylic acids is 1. The van der Waals surface area contributed by atoms with Gasteiger partial charge in [0.25, 0.3) is 0 Å². The van der Waals surface area contributed by atoms with Crippen molar-refractivity contribution in [2.45, 2.75) is 29.5 Å². The molecule has 0 saturated heterocycles. The predicted octanol–water partition coefficient (Wildman–Crippen LogP) is 3.20. The molecule has 1 fully saturated rings. The molecule has 0 unspecified atom stereocenters. The van der Waals surface area contributed by atoms with Crippen LogP contribution in [0.4, 0.5) is 0 Å². The zero-order valence-corrected chi connectivity index (χ0v) is 13.7. The number of imidazole rings is 1. The second kappa shape index (κ2) is 6.27. The summed E-state index contributed by atoms with van der Waals surface area (Å²) in [6.45, 7) is 2.19. The zero-order chi connectivity index (χ0) is 13.1. The van der Waals surface area contributed by atoms with Crippen LogP contribution in [0.2, 0.25) is 0 Å². The fourth-order valence-corrected chi connectivity index (χ4v) is 5.26. The predicted molar refractivity (Wildman–Crippen MR) is 83.1 cm³/mol. The molecule has 1 aromatic rings. The second-order valence-electron chi connectivity index (χ2n) is 4.52. The van der Waals surface area contributed by atoms with E-state index in [0.717, 1.165) is 21.4 Å². The molecule has 0 atom stereocenters. The average Bonchev–Trinajstić information content (AvgIpc) is 3.08. The molecular formula is C12H19IN2O2S. The van der Waals surface area contributed by atoms with Crippen molar-refractivity contribution >= 4 is 37.6 Å². The number of hydrogen-bond acceptors (Lipinski definition) is 3. The first kappa shape index (κ1) is 14.2. The van der Waals surface area contributed by atoms with E-state index in [1.54, 1.807) is 11.8 Å². The molecule has 0 radical (unpaired) electrons. The van der Waals surface area contributed by atoms with E-state index in [-0.39, 0.29) is 0 Å². The van der Waals surface area contributed by atoms with Gasteiger partial charge >= 0.3 is 119 Å². The molecule has 4 nitrogen and oxygen atoms in total. The maximum atomic E-state index is 11.2. The van der Waals surface area contributed by atoms with Crippen LogP contribution in [0.15, 0.2) is 11.4 Å². The van der Waals surface area contributed by atoms with Gasteiger partial charge in [-0.25, -0.2) is 0 Å². The van der Waals surface area contributed by atoms with Gasteiger partial charge in [0.1, 0.15) is 0 Å². The first-order chi connectivity index (χ1) is 8.61. The molecule has 1 N–H and O–H groups in total. The Labute approximate surface area is 119 Å². The van der Waals surface area contributed by atoms with E-state index in [2.05, 4.69) is 16.8 Å². The van der Waals surface area contributed by atoms with Crippen LogP contribution in [0.3, 0.4) is 0 Å². The number of thioether (sulfide) groups is 1. The molecule has 6 heteroatoms. The molecule has 0 aromatic carbocycles. The Hall–Kier alpha value is -0.240. The summed E-state index contributed by atoms with van der Waals surface area (Å²) in [5.41, 5.74) is 0.353. The van der Waals surface area contributed by atoms with Crippen molar-refractivity contribution in [2.75, 3.05) is 15.1 Å². The van der Waals surface area contributed by atoms with Gasteiger partial charge in [0.15, 0.2) is 0 Å². The zero-order valence-electron chi connectivity index (χ0n) is 10.7. The summed E-state index contributed by atoms with van der Waals surface area (Å²) in [6, 6.07) is 0. The summed E-state index contributed by atoms with van der Waals surface area (Å²) in [4.78, 5) is 17.8. The van der Waals surface area contributed by atoms with Crippen LogP contribution in [-0.4, -0.2) is 35.7 Å². The quantitative estimate of drug-likeness (QED) is 0.447. The molecule has 2 rings (SSSR count). The molecule has 1 aliphatic carbocycles. The number of aromatic nitrogens is 2. The Morgan fingerprint density at radius 3 is 2.94 bits per heavy atom. The first-order valence-corrected chi connectivity index (χ1v) is 12.2. The van der Waals surface area contributed by atoms with E-state index >= 15 is 0 Å². The summed E-state index contributed by atoms with van der Waals surface area (Å²) in [5, 5.41) is 10.1. The number of alkyl halides is 3. The van der Waals surface area contributed by atoms with Crippen molar-refractivity contribution in [3.8, 4) is 0 Å². The molecule has 1 heterocycles. The van der Waals surface area contributed by atoms with Crippen LogP contribution in [-0.2, 0) is 4.55 Å². The summed E-state index contributed by atoms with van der Waals surface area (Å²) in [6.07, 6.45) is 4.15. The first-order valence-electron chi connectivity index (χ1n) is 6.05. The maximum absolute atomic E-state index is 11.2. The van der Waals surface area contributed by atoms with Gasteiger partial charge in [-0.1, -0.05) is 0 Å². The van der Waals surface area contributed by atoms with Gasteiger partial charge in [-0.3, -0.25) is 0 Å². The van der Waals surface area contributed by atoms with Gasteiger partial charge in [-0.05, 0) is 0 Å². The van der Waals surface area contributed by atoms with Gasteiger partial charge in [-0.15, -0.1) is 0 Å². The van der Waals surface area contributed by atoms with Crippen LogP contribution >= 0.6 is 31.6 Å². The minimum absolute atomic E-state index is 0.353. The summed E-state index contributed by atoms with van der Waals surface area (Å²) in [5.74, 6) is 1.05. The van der Waals surface area contributed by atoms with E-state index in [0.29, 0.717) is 5.69 Å². The molecule has 102 valence electrons. The van der Waals surface area contributed by atoms with E-state index in [4.69, 9.17) is 0 Å². The van der Waals surface area contributed by atoms with Crippen molar-refractivity contribution in [1.29, 1.82) is 0 Å². The van der Waals surface area contributed by atoms with Gasteiger partial charge in [-0.2, -0.15) is 0 Å². The van der Waals surface area contributed by atoms with Crippen LogP contribution in [0.1, 0.15) is 30.3 Å². The van der Waals surface area contributed by atoms with Crippen molar-refractivity contribution in [1.82, 2.24) is 9.55 Å². The molecule has 0 aliphatic heterocycles. The molecule has 1 saturated carbocycles. The van der Waals surface area contributed by atoms with Crippen molar-refractivity contribution < 1.29 is 9.90 Å². The van der Waals surface area contributed by atoms with E-state index in [1.165, 1.54) is 23.5 Å². The molecule has 0 amide bonds. The summed E-state index contributed by atoms with van der Waals surface area (Å²) >= 11 is 0.693. The summed E-state index contributed by atoms with van der Waals surface area (Å²) in [7, 11) is 0. The molecule has 18 heavy (non-hydrogen) atoms. The van der Waals surface area contributed by atoms with Crippen molar-refractivity contribution in [3.63, 3.8) is 0 Å². The Bertz CT molecular complexity index is 432. The van der Waals surface area contributed by atoms with Gasteiger partial charge < -0.3 is 0 Å². The fraction of sp³-hybridized carbons (Fsp3) is 0.667. The SMILES string of the molecule is CCI(C)Cn1c(C(=O)O)cnc1SCC1CC1. The second-order valence-corrected chi connectivity index (χ2v) is 11.8. The number of carboxylic acid groups (broad SMARTS) is 1. The third kappa shape index (κ3) is 3.63. The third-order valence-corrected chi connectivity index (χ3v) is 8.64. The number of rotatable bonds is 7. The van der Waals surface area contributed by atoms with Crippen LogP contribution in [0.5, 0.6) is 0 Å². The van der Waals surface area contributed by atoms with E-state index in [9.17, 15) is 9.90 Å². The molecule has 1 aliphatic rings. The Morgan fingerprint density at radius 1 is 1.67 bits per heavy atom. The molecule has 0 spiro atoms. The average molecular weight is 382 g/mol. The summed E-state index contributed by atoms with van der Waals surface area (Å²) < 4.78 is 4.03.